The molecule has 2 aromatic heterocycles. The first kappa shape index (κ1) is 41.1. The van der Waals surface area contributed by atoms with Crippen molar-refractivity contribution in [1.29, 1.82) is 0 Å². The van der Waals surface area contributed by atoms with E-state index in [1.807, 2.05) is 38.2 Å². The largest absolute Gasteiger partial charge is 0.309 e. The fourth-order valence-electron chi connectivity index (χ4n) is 9.16. The molecule has 7 aromatic rings. The van der Waals surface area contributed by atoms with Crippen LogP contribution >= 0.6 is 23.1 Å². The average Bonchev–Trinajstić information content (AvgIpc) is 3.78. The first-order valence-electron chi connectivity index (χ1n) is 21.4. The van der Waals surface area contributed by atoms with Crippen LogP contribution < -0.4 is 0 Å². The maximum Gasteiger partial charge on any atom is 0.0541 e. The van der Waals surface area contributed by atoms with Crippen molar-refractivity contribution in [1.82, 2.24) is 4.57 Å². The molecule has 300 valence electrons. The van der Waals surface area contributed by atoms with Gasteiger partial charge < -0.3 is 4.57 Å². The highest BCUT2D eigenvalue weighted by Crippen LogP contribution is 2.54. The molecule has 1 nitrogen and oxygen atoms in total. The fraction of sp³-hybridized carbons (Fsp3) is 0.193. The molecule has 0 N–H and O–H groups in total. The molecule has 60 heavy (non-hydrogen) atoms. The molecule has 0 saturated carbocycles. The number of hydrogen-bond donors (Lipinski definition) is 0. The van der Waals surface area contributed by atoms with E-state index in [1.54, 1.807) is 22.2 Å². The van der Waals surface area contributed by atoms with Gasteiger partial charge in [0.1, 0.15) is 0 Å². The van der Waals surface area contributed by atoms with E-state index >= 15 is 0 Å². The molecule has 0 bridgehead atoms. The molecule has 0 amide bonds. The van der Waals surface area contributed by atoms with Gasteiger partial charge in [-0.25, -0.2) is 0 Å². The third-order valence-corrected chi connectivity index (χ3v) is 14.3. The van der Waals surface area contributed by atoms with Crippen LogP contribution in [0.25, 0.3) is 65.9 Å². The van der Waals surface area contributed by atoms with Crippen molar-refractivity contribution in [2.45, 2.75) is 73.1 Å². The van der Waals surface area contributed by atoms with Crippen molar-refractivity contribution in [3.05, 3.63) is 201 Å². The maximum atomic E-state index is 4.01. The van der Waals surface area contributed by atoms with E-state index in [9.17, 15) is 0 Å². The number of thioether (sulfide) groups is 1. The van der Waals surface area contributed by atoms with Crippen LogP contribution in [0.2, 0.25) is 0 Å². The number of nitrogens with zero attached hydrogens (tertiary/aromatic N) is 1. The van der Waals surface area contributed by atoms with Gasteiger partial charge in [0.05, 0.1) is 11.0 Å². The van der Waals surface area contributed by atoms with E-state index < -0.39 is 0 Å². The second kappa shape index (κ2) is 17.5. The quantitative estimate of drug-likeness (QED) is 0.104. The predicted molar refractivity (Wildman–Crippen MR) is 269 cm³/mol. The van der Waals surface area contributed by atoms with Crippen molar-refractivity contribution in [2.24, 2.45) is 0 Å². The highest BCUT2D eigenvalue weighted by molar-refractivity contribution is 8.06. The molecule has 3 heteroatoms. The van der Waals surface area contributed by atoms with E-state index in [-0.39, 0.29) is 5.41 Å². The summed E-state index contributed by atoms with van der Waals surface area (Å²) in [5.41, 5.74) is 15.7. The van der Waals surface area contributed by atoms with Gasteiger partial charge in [-0.2, -0.15) is 0 Å². The van der Waals surface area contributed by atoms with E-state index in [2.05, 4.69) is 191 Å². The van der Waals surface area contributed by atoms with Crippen LogP contribution in [0, 0.1) is 0 Å². The average molecular weight is 818 g/mol. The first-order valence-corrected chi connectivity index (χ1v) is 23.1. The van der Waals surface area contributed by atoms with Crippen LogP contribution in [0.15, 0.2) is 174 Å². The van der Waals surface area contributed by atoms with Gasteiger partial charge in [-0.3, -0.25) is 0 Å². The number of thiophene rings is 1. The molecule has 5 aromatic carbocycles. The Morgan fingerprint density at radius 2 is 1.53 bits per heavy atom. The van der Waals surface area contributed by atoms with Crippen LogP contribution in [0.4, 0.5) is 0 Å². The van der Waals surface area contributed by atoms with Crippen molar-refractivity contribution >= 4 is 61.1 Å². The van der Waals surface area contributed by atoms with E-state index in [4.69, 9.17) is 0 Å². The van der Waals surface area contributed by atoms with Gasteiger partial charge in [-0.05, 0) is 144 Å². The van der Waals surface area contributed by atoms with Crippen LogP contribution in [-0.2, 0) is 18.3 Å². The van der Waals surface area contributed by atoms with Crippen molar-refractivity contribution in [2.75, 3.05) is 0 Å². The lowest BCUT2D eigenvalue weighted by Crippen LogP contribution is -2.16. The molecule has 0 spiro atoms. The SMILES string of the molecule is C=C/C(S/C(C)=C/C=C\C=C\c1ccc2c(c1)c1cc(-c3ccc4c(c3)C(C)(C)c3c-4ccc4sc5c(c34)CC=CCC5)ccc1n2-c1ccccc1)=C(C)\C=C/C.CC. The number of aryl methyl sites for hydroxylation is 1. The molecular weight excluding hydrogens is 763 g/mol. The molecule has 0 saturated heterocycles. The summed E-state index contributed by atoms with van der Waals surface area (Å²) >= 11 is 3.76. The number of rotatable bonds is 9. The Labute approximate surface area is 365 Å². The fourth-order valence-corrected chi connectivity index (χ4v) is 11.2. The molecular formula is C57H55NS2. The summed E-state index contributed by atoms with van der Waals surface area (Å²) in [5.74, 6) is 0. The summed E-state index contributed by atoms with van der Waals surface area (Å²) in [6.45, 7) is 19.2. The minimum atomic E-state index is -0.0989. The zero-order valence-corrected chi connectivity index (χ0v) is 37.7. The standard InChI is InChI=1S/C55H49NS2.C2H6/c1-7-18-36(3)50(8-2)57-37(4)19-12-9-13-20-38-25-30-48-45(33-38)46-34-39(27-31-49(46)56(48)41-21-14-10-15-22-41)40-26-28-42-43-29-32-52-53(54(43)55(5,6)47(42)35-40)44-23-16-11-17-24-51(44)58-52;1-2/h7-16,18-22,25-35H,2,17,23-24H2,1,3-6H3;1-2H3/b12-9-,18-7-,20-13+,37-19+,50-36+;. The Morgan fingerprint density at radius 3 is 2.32 bits per heavy atom. The van der Waals surface area contributed by atoms with Crippen molar-refractivity contribution in [3.63, 3.8) is 0 Å². The number of allylic oxidation sites excluding steroid dienone is 11. The molecule has 0 radical (unpaired) electrons. The minimum absolute atomic E-state index is 0.0989. The molecule has 0 aliphatic heterocycles. The molecule has 2 aliphatic rings. The van der Waals surface area contributed by atoms with Gasteiger partial charge in [0.25, 0.3) is 0 Å². The Hall–Kier alpha value is -5.61. The normalized spacial score (nSPS) is 15.1. The first-order chi connectivity index (χ1) is 29.3. The lowest BCUT2D eigenvalue weighted by atomic mass is 9.79. The number of hydrogen-bond acceptors (Lipinski definition) is 2. The number of aromatic nitrogens is 1. The topological polar surface area (TPSA) is 4.93 Å². The van der Waals surface area contributed by atoms with Crippen molar-refractivity contribution in [3.8, 4) is 27.9 Å². The third-order valence-electron chi connectivity index (χ3n) is 11.9. The van der Waals surface area contributed by atoms with E-state index in [0.717, 1.165) is 19.3 Å². The monoisotopic (exact) mass is 817 g/mol. The molecule has 0 unspecified atom stereocenters. The second-order valence-electron chi connectivity index (χ2n) is 16.0. The minimum Gasteiger partial charge on any atom is -0.309 e. The van der Waals surface area contributed by atoms with Crippen LogP contribution in [-0.4, -0.2) is 4.57 Å². The Kier molecular flexibility index (Phi) is 12.0. The molecule has 0 atom stereocenters. The summed E-state index contributed by atoms with van der Waals surface area (Å²) in [5, 5.41) is 4.02. The Morgan fingerprint density at radius 1 is 0.800 bits per heavy atom. The number of benzene rings is 5. The Balaban J connectivity index is 0.00000246. The van der Waals surface area contributed by atoms with Gasteiger partial charge in [-0.15, -0.1) is 11.3 Å². The molecule has 9 rings (SSSR count). The van der Waals surface area contributed by atoms with Crippen LogP contribution in [0.5, 0.6) is 0 Å². The number of fused-ring (bicyclic) bond motifs is 10. The third kappa shape index (κ3) is 7.55. The lowest BCUT2D eigenvalue weighted by Gasteiger charge is -2.23. The zero-order valence-electron chi connectivity index (χ0n) is 36.1. The summed E-state index contributed by atoms with van der Waals surface area (Å²) in [4.78, 5) is 3.97. The smallest absolute Gasteiger partial charge is 0.0541 e. The van der Waals surface area contributed by atoms with Crippen LogP contribution in [0.3, 0.4) is 0 Å². The highest BCUT2D eigenvalue weighted by Gasteiger charge is 2.38. The lowest BCUT2D eigenvalue weighted by molar-refractivity contribution is 0.666. The maximum absolute atomic E-state index is 4.01. The number of para-hydroxylation sites is 1. The summed E-state index contributed by atoms with van der Waals surface area (Å²) in [7, 11) is 0. The summed E-state index contributed by atoms with van der Waals surface area (Å²) < 4.78 is 3.85. The van der Waals surface area contributed by atoms with Gasteiger partial charge in [-0.1, -0.05) is 155 Å². The second-order valence-corrected chi connectivity index (χ2v) is 18.4. The van der Waals surface area contributed by atoms with E-state index in [0.29, 0.717) is 0 Å². The zero-order chi connectivity index (χ0) is 42.0. The van der Waals surface area contributed by atoms with E-state index in [1.165, 1.54) is 91.9 Å². The highest BCUT2D eigenvalue weighted by atomic mass is 32.2. The van der Waals surface area contributed by atoms with Gasteiger partial charge in [0.2, 0.25) is 0 Å². The van der Waals surface area contributed by atoms with Gasteiger partial charge in [0.15, 0.2) is 0 Å². The van der Waals surface area contributed by atoms with Crippen LogP contribution in [0.1, 0.15) is 82.0 Å². The molecule has 2 aliphatic carbocycles. The molecule has 0 fully saturated rings. The summed E-state index contributed by atoms with van der Waals surface area (Å²) in [6, 6.07) is 36.6. The van der Waals surface area contributed by atoms with Crippen molar-refractivity contribution < 1.29 is 0 Å². The predicted octanol–water partition coefficient (Wildman–Crippen LogP) is 17.3. The molecule has 2 heterocycles. The summed E-state index contributed by atoms with van der Waals surface area (Å²) in [6.07, 6.45) is 24.9. The van der Waals surface area contributed by atoms with Gasteiger partial charge >= 0.3 is 0 Å². The Bertz CT molecular complexity index is 2950. The van der Waals surface area contributed by atoms with Gasteiger partial charge in [0, 0.05) is 41.7 Å².